The highest BCUT2D eigenvalue weighted by Crippen LogP contribution is 2.30. The Morgan fingerprint density at radius 2 is 1.89 bits per heavy atom. The maximum atomic E-state index is 12.5. The second-order valence-electron chi connectivity index (χ2n) is 3.81. The van der Waals surface area contributed by atoms with E-state index in [0.717, 1.165) is 0 Å². The zero-order valence-corrected chi connectivity index (χ0v) is 10.1. The summed E-state index contributed by atoms with van der Waals surface area (Å²) in [6, 6.07) is -1.24. The van der Waals surface area contributed by atoms with Crippen LogP contribution in [0.25, 0.3) is 0 Å². The quantitative estimate of drug-likeness (QED) is 0.688. The van der Waals surface area contributed by atoms with E-state index in [9.17, 15) is 22.8 Å². The van der Waals surface area contributed by atoms with E-state index in [1.807, 2.05) is 0 Å². The molecule has 0 aliphatic rings. The summed E-state index contributed by atoms with van der Waals surface area (Å²) in [7, 11) is 1.36. The first-order chi connectivity index (χ1) is 8.04. The molecule has 0 saturated carbocycles. The maximum Gasteiger partial charge on any atom is 0.422 e. The molecule has 0 aromatic carbocycles. The molecule has 0 aliphatic heterocycles. The van der Waals surface area contributed by atoms with Crippen LogP contribution in [0.15, 0.2) is 0 Å². The lowest BCUT2D eigenvalue weighted by atomic mass is 10.0. The van der Waals surface area contributed by atoms with E-state index in [0.29, 0.717) is 6.92 Å². The van der Waals surface area contributed by atoms with Crippen molar-refractivity contribution < 1.29 is 32.6 Å². The zero-order chi connectivity index (χ0) is 14.6. The van der Waals surface area contributed by atoms with Crippen LogP contribution in [0.4, 0.5) is 18.0 Å². The molecular formula is C9H15F3N2O4. The van der Waals surface area contributed by atoms with Gasteiger partial charge in [0.25, 0.3) is 0 Å². The molecule has 2 amide bonds. The Labute approximate surface area is 101 Å². The number of ether oxygens (including phenoxy) is 1. The third-order valence-electron chi connectivity index (χ3n) is 2.31. The largest absolute Gasteiger partial charge is 0.479 e. The summed E-state index contributed by atoms with van der Waals surface area (Å²) >= 11 is 0. The van der Waals surface area contributed by atoms with Gasteiger partial charge in [-0.05, 0) is 13.8 Å². The van der Waals surface area contributed by atoms with E-state index in [1.165, 1.54) is 12.4 Å². The molecule has 18 heavy (non-hydrogen) atoms. The van der Waals surface area contributed by atoms with Crippen molar-refractivity contribution in [3.63, 3.8) is 0 Å². The van der Waals surface area contributed by atoms with Gasteiger partial charge in [-0.3, -0.25) is 0 Å². The standard InChI is InChI=1S/C9H15F3N2O4/c1-5(18-3)4-13-7(17)14-8(2,6(15)16)9(10,11)12/h5H,4H2,1-3H3,(H,15,16)(H2,13,14,17). The topological polar surface area (TPSA) is 87.7 Å². The van der Waals surface area contributed by atoms with Crippen molar-refractivity contribution in [2.45, 2.75) is 31.7 Å². The molecular weight excluding hydrogens is 257 g/mol. The lowest BCUT2D eigenvalue weighted by Crippen LogP contribution is -2.63. The Hall–Kier alpha value is -1.51. The molecule has 6 nitrogen and oxygen atoms in total. The minimum atomic E-state index is -5.11. The van der Waals surface area contributed by atoms with Gasteiger partial charge >= 0.3 is 18.2 Å². The van der Waals surface area contributed by atoms with Crippen molar-refractivity contribution in [1.29, 1.82) is 0 Å². The van der Waals surface area contributed by atoms with E-state index < -0.39 is 29.8 Å². The molecule has 0 aromatic rings. The number of rotatable bonds is 5. The number of hydrogen-bond donors (Lipinski definition) is 3. The van der Waals surface area contributed by atoms with Crippen molar-refractivity contribution in [1.82, 2.24) is 10.6 Å². The van der Waals surface area contributed by atoms with Gasteiger partial charge in [-0.2, -0.15) is 13.2 Å². The molecule has 0 spiro atoms. The number of carbonyl (C=O) groups excluding carboxylic acids is 1. The van der Waals surface area contributed by atoms with Gasteiger partial charge in [-0.25, -0.2) is 9.59 Å². The number of halogens is 3. The third-order valence-corrected chi connectivity index (χ3v) is 2.31. The lowest BCUT2D eigenvalue weighted by molar-refractivity contribution is -0.203. The predicted molar refractivity (Wildman–Crippen MR) is 55.1 cm³/mol. The van der Waals surface area contributed by atoms with Crippen LogP contribution >= 0.6 is 0 Å². The van der Waals surface area contributed by atoms with Crippen molar-refractivity contribution >= 4 is 12.0 Å². The molecule has 2 atom stereocenters. The average molecular weight is 272 g/mol. The first-order valence-corrected chi connectivity index (χ1v) is 4.93. The van der Waals surface area contributed by atoms with E-state index in [4.69, 9.17) is 9.84 Å². The summed E-state index contributed by atoms with van der Waals surface area (Å²) in [6.07, 6.45) is -5.51. The molecule has 0 heterocycles. The molecule has 0 radical (unpaired) electrons. The molecule has 0 fully saturated rings. The van der Waals surface area contributed by atoms with Crippen molar-refractivity contribution in [2.75, 3.05) is 13.7 Å². The number of nitrogens with one attached hydrogen (secondary N) is 2. The minimum absolute atomic E-state index is 0.0457. The lowest BCUT2D eigenvalue weighted by Gasteiger charge is -2.28. The Bertz CT molecular complexity index is 321. The van der Waals surface area contributed by atoms with Crippen LogP contribution in [0.5, 0.6) is 0 Å². The summed E-state index contributed by atoms with van der Waals surface area (Å²) in [5, 5.41) is 12.0. The number of aliphatic carboxylic acids is 1. The van der Waals surface area contributed by atoms with Crippen LogP contribution in [-0.2, 0) is 9.53 Å². The van der Waals surface area contributed by atoms with Gasteiger partial charge in [0, 0.05) is 13.7 Å². The fourth-order valence-corrected chi connectivity index (χ4v) is 0.837. The van der Waals surface area contributed by atoms with Crippen LogP contribution in [0.1, 0.15) is 13.8 Å². The highest BCUT2D eigenvalue weighted by molar-refractivity contribution is 5.86. The third kappa shape index (κ3) is 4.06. The van der Waals surface area contributed by atoms with E-state index >= 15 is 0 Å². The molecule has 3 N–H and O–H groups in total. The summed E-state index contributed by atoms with van der Waals surface area (Å²) in [5.41, 5.74) is -3.34. The number of carboxylic acid groups (broad SMARTS) is 1. The summed E-state index contributed by atoms with van der Waals surface area (Å²) < 4.78 is 42.4. The summed E-state index contributed by atoms with van der Waals surface area (Å²) in [6.45, 7) is 1.91. The van der Waals surface area contributed by atoms with Gasteiger partial charge in [0.15, 0.2) is 0 Å². The number of methoxy groups -OCH3 is 1. The average Bonchev–Trinajstić information content (AvgIpc) is 2.23. The SMILES string of the molecule is COC(C)CNC(=O)NC(C)(C(=O)O)C(F)(F)F. The van der Waals surface area contributed by atoms with Crippen LogP contribution in [0, 0.1) is 0 Å². The first-order valence-electron chi connectivity index (χ1n) is 4.93. The number of carboxylic acids is 1. The molecule has 9 heteroatoms. The number of urea groups is 1. The number of carbonyl (C=O) groups is 2. The molecule has 106 valence electrons. The molecule has 0 aliphatic carbocycles. The second-order valence-corrected chi connectivity index (χ2v) is 3.81. The van der Waals surface area contributed by atoms with Crippen molar-refractivity contribution in [3.8, 4) is 0 Å². The highest BCUT2D eigenvalue weighted by atomic mass is 19.4. The minimum Gasteiger partial charge on any atom is -0.479 e. The second kappa shape index (κ2) is 5.89. The fourth-order valence-electron chi connectivity index (χ4n) is 0.837. The molecule has 0 aromatic heterocycles. The Kier molecular flexibility index (Phi) is 5.40. The first kappa shape index (κ1) is 16.5. The molecule has 0 saturated heterocycles. The maximum absolute atomic E-state index is 12.5. The van der Waals surface area contributed by atoms with Gasteiger partial charge < -0.3 is 20.5 Å². The van der Waals surface area contributed by atoms with E-state index in [2.05, 4.69) is 5.32 Å². The van der Waals surface area contributed by atoms with Crippen molar-refractivity contribution in [2.24, 2.45) is 0 Å². The Morgan fingerprint density at radius 1 is 1.39 bits per heavy atom. The van der Waals surface area contributed by atoms with Crippen LogP contribution in [0.3, 0.4) is 0 Å². The number of amides is 2. The highest BCUT2D eigenvalue weighted by Gasteiger charge is 2.58. The summed E-state index contributed by atoms with van der Waals surface area (Å²) in [5.74, 6) is -2.19. The molecule has 0 bridgehead atoms. The van der Waals surface area contributed by atoms with Gasteiger partial charge in [0.2, 0.25) is 5.54 Å². The van der Waals surface area contributed by atoms with Gasteiger partial charge in [-0.1, -0.05) is 0 Å². The van der Waals surface area contributed by atoms with Crippen molar-refractivity contribution in [3.05, 3.63) is 0 Å². The molecule has 2 unspecified atom stereocenters. The molecule has 0 rings (SSSR count). The van der Waals surface area contributed by atoms with Crippen LogP contribution in [0.2, 0.25) is 0 Å². The van der Waals surface area contributed by atoms with E-state index in [-0.39, 0.29) is 6.54 Å². The van der Waals surface area contributed by atoms with Crippen LogP contribution < -0.4 is 10.6 Å². The predicted octanol–water partition coefficient (Wildman–Crippen LogP) is 0.726. The Balaban J connectivity index is 4.63. The number of alkyl halides is 3. The van der Waals surface area contributed by atoms with E-state index in [1.54, 1.807) is 6.92 Å². The smallest absolute Gasteiger partial charge is 0.422 e. The van der Waals surface area contributed by atoms with Gasteiger partial charge in [0.05, 0.1) is 6.10 Å². The Morgan fingerprint density at radius 3 is 2.22 bits per heavy atom. The number of hydrogen-bond acceptors (Lipinski definition) is 3. The van der Waals surface area contributed by atoms with Gasteiger partial charge in [-0.15, -0.1) is 0 Å². The van der Waals surface area contributed by atoms with Crippen LogP contribution in [-0.4, -0.2) is 48.6 Å². The zero-order valence-electron chi connectivity index (χ0n) is 10.1. The van der Waals surface area contributed by atoms with Gasteiger partial charge in [0.1, 0.15) is 0 Å². The normalized spacial score (nSPS) is 16.6. The fraction of sp³-hybridized carbons (Fsp3) is 0.778. The summed E-state index contributed by atoms with van der Waals surface area (Å²) in [4.78, 5) is 21.8. The monoisotopic (exact) mass is 272 g/mol.